The van der Waals surface area contributed by atoms with Crippen LogP contribution in [-0.4, -0.2) is 39.0 Å². The van der Waals surface area contributed by atoms with Crippen LogP contribution in [-0.2, 0) is 22.8 Å². The molecule has 0 aliphatic carbocycles. The average Bonchev–Trinajstić information content (AvgIpc) is 3.40. The van der Waals surface area contributed by atoms with E-state index in [1.807, 2.05) is 11.6 Å². The van der Waals surface area contributed by atoms with Crippen molar-refractivity contribution < 1.29 is 13.3 Å². The predicted octanol–water partition coefficient (Wildman–Crippen LogP) is 4.30. The Kier molecular flexibility index (Phi) is 6.65. The number of hydrogen-bond donors (Lipinski definition) is 0. The van der Waals surface area contributed by atoms with Gasteiger partial charge in [-0.2, -0.15) is 4.31 Å². The Bertz CT molecular complexity index is 1230. The lowest BCUT2D eigenvalue weighted by Gasteiger charge is -2.23. The van der Waals surface area contributed by atoms with Crippen molar-refractivity contribution in [2.24, 2.45) is 7.05 Å². The van der Waals surface area contributed by atoms with Gasteiger partial charge in [0.15, 0.2) is 11.0 Å². The fourth-order valence-corrected chi connectivity index (χ4v) is 6.42. The molecule has 1 atom stereocenters. The number of benzene rings is 2. The molecule has 12 heteroatoms. The summed E-state index contributed by atoms with van der Waals surface area (Å²) in [5, 5.41) is 20.0. The SMILES string of the molecule is Cn1c(SCc2ccc([N+](=O)[O-])cc2)nnc1C1CCCN1S(=O)(=O)c1ccc(Br)cc1. The average molecular weight is 538 g/mol. The molecule has 4 rings (SSSR count). The van der Waals surface area contributed by atoms with Gasteiger partial charge in [0.2, 0.25) is 10.0 Å². The van der Waals surface area contributed by atoms with Gasteiger partial charge in [-0.1, -0.05) is 39.8 Å². The largest absolute Gasteiger partial charge is 0.308 e. The van der Waals surface area contributed by atoms with Crippen LogP contribution in [0.3, 0.4) is 0 Å². The maximum Gasteiger partial charge on any atom is 0.269 e. The van der Waals surface area contributed by atoms with Gasteiger partial charge in [-0.3, -0.25) is 10.1 Å². The van der Waals surface area contributed by atoms with Gasteiger partial charge in [0.1, 0.15) is 0 Å². The van der Waals surface area contributed by atoms with E-state index in [1.54, 1.807) is 36.4 Å². The first-order chi connectivity index (χ1) is 15.3. The van der Waals surface area contributed by atoms with E-state index in [0.717, 1.165) is 16.5 Å². The minimum absolute atomic E-state index is 0.0491. The summed E-state index contributed by atoms with van der Waals surface area (Å²) in [4.78, 5) is 10.6. The zero-order valence-corrected chi connectivity index (χ0v) is 20.3. The number of hydrogen-bond acceptors (Lipinski definition) is 7. The fraction of sp³-hybridized carbons (Fsp3) is 0.300. The molecule has 168 valence electrons. The first-order valence-electron chi connectivity index (χ1n) is 9.80. The Morgan fingerprint density at radius 3 is 2.50 bits per heavy atom. The van der Waals surface area contributed by atoms with E-state index >= 15 is 0 Å². The number of aromatic nitrogens is 3. The Labute approximate surface area is 198 Å². The van der Waals surface area contributed by atoms with Crippen molar-refractivity contribution >= 4 is 43.4 Å². The smallest absolute Gasteiger partial charge is 0.269 e. The standard InChI is InChI=1S/C20H20BrN5O4S2/c1-24-19(22-23-20(24)31-13-14-4-8-16(9-5-14)26(27)28)18-3-2-12-25(18)32(29,30)17-10-6-15(21)7-11-17/h4-11,18H,2-3,12-13H2,1H3. The highest BCUT2D eigenvalue weighted by Crippen LogP contribution is 2.37. The van der Waals surface area contributed by atoms with E-state index in [2.05, 4.69) is 26.1 Å². The number of non-ortho nitro benzene ring substituents is 1. The summed E-state index contributed by atoms with van der Waals surface area (Å²) in [6.45, 7) is 0.432. The highest BCUT2D eigenvalue weighted by Gasteiger charge is 2.39. The van der Waals surface area contributed by atoms with Crippen molar-refractivity contribution in [1.29, 1.82) is 0 Å². The summed E-state index contributed by atoms with van der Waals surface area (Å²) in [7, 11) is -1.83. The van der Waals surface area contributed by atoms with E-state index in [-0.39, 0.29) is 16.6 Å². The molecule has 2 heterocycles. The molecule has 2 aromatic carbocycles. The van der Waals surface area contributed by atoms with Gasteiger partial charge in [-0.15, -0.1) is 10.2 Å². The van der Waals surface area contributed by atoms with E-state index in [4.69, 9.17) is 0 Å². The fourth-order valence-electron chi connectivity index (χ4n) is 3.63. The molecule has 0 spiro atoms. The van der Waals surface area contributed by atoms with Gasteiger partial charge in [0.05, 0.1) is 15.9 Å². The second-order valence-electron chi connectivity index (χ2n) is 7.34. The molecule has 0 saturated carbocycles. The van der Waals surface area contributed by atoms with E-state index in [9.17, 15) is 18.5 Å². The van der Waals surface area contributed by atoms with Crippen molar-refractivity contribution in [3.05, 3.63) is 74.5 Å². The maximum atomic E-state index is 13.2. The zero-order chi connectivity index (χ0) is 22.9. The van der Waals surface area contributed by atoms with Crippen LogP contribution >= 0.6 is 27.7 Å². The first kappa shape index (κ1) is 22.9. The number of nitro benzene ring substituents is 1. The maximum absolute atomic E-state index is 13.2. The summed E-state index contributed by atoms with van der Waals surface area (Å²) in [6.07, 6.45) is 1.42. The molecule has 0 bridgehead atoms. The molecule has 9 nitrogen and oxygen atoms in total. The molecule has 1 saturated heterocycles. The Balaban J connectivity index is 1.51. The Morgan fingerprint density at radius 1 is 1.16 bits per heavy atom. The van der Waals surface area contributed by atoms with Crippen LogP contribution in [0.2, 0.25) is 0 Å². The molecule has 0 radical (unpaired) electrons. The van der Waals surface area contributed by atoms with Crippen molar-refractivity contribution in [3.63, 3.8) is 0 Å². The molecular formula is C20H20BrN5O4S2. The van der Waals surface area contributed by atoms with Crippen LogP contribution < -0.4 is 0 Å². The Hall–Kier alpha value is -2.28. The van der Waals surface area contributed by atoms with Crippen LogP contribution in [0.25, 0.3) is 0 Å². The Morgan fingerprint density at radius 2 is 1.84 bits per heavy atom. The summed E-state index contributed by atoms with van der Waals surface area (Å²) in [6, 6.07) is 12.6. The minimum atomic E-state index is -3.66. The summed E-state index contributed by atoms with van der Waals surface area (Å²) >= 11 is 4.78. The predicted molar refractivity (Wildman–Crippen MR) is 124 cm³/mol. The lowest BCUT2D eigenvalue weighted by atomic mass is 10.2. The second kappa shape index (κ2) is 9.30. The molecular weight excluding hydrogens is 518 g/mol. The highest BCUT2D eigenvalue weighted by atomic mass is 79.9. The number of halogens is 1. The lowest BCUT2D eigenvalue weighted by Crippen LogP contribution is -2.32. The molecule has 32 heavy (non-hydrogen) atoms. The number of nitrogens with zero attached hydrogens (tertiary/aromatic N) is 5. The van der Waals surface area contributed by atoms with Crippen LogP contribution in [0, 0.1) is 10.1 Å². The number of nitro groups is 1. The van der Waals surface area contributed by atoms with E-state index in [1.165, 1.54) is 28.2 Å². The molecule has 1 aliphatic rings. The second-order valence-corrected chi connectivity index (χ2v) is 11.1. The minimum Gasteiger partial charge on any atom is -0.308 e. The van der Waals surface area contributed by atoms with Crippen LogP contribution in [0.5, 0.6) is 0 Å². The molecule has 1 unspecified atom stereocenters. The van der Waals surface area contributed by atoms with Crippen molar-refractivity contribution in [2.45, 2.75) is 34.7 Å². The van der Waals surface area contributed by atoms with Gasteiger partial charge in [0.25, 0.3) is 5.69 Å². The molecule has 3 aromatic rings. The molecule has 1 fully saturated rings. The van der Waals surface area contributed by atoms with Gasteiger partial charge in [-0.25, -0.2) is 8.42 Å². The summed E-state index contributed by atoms with van der Waals surface area (Å²) in [5.41, 5.74) is 0.971. The van der Waals surface area contributed by atoms with Gasteiger partial charge >= 0.3 is 0 Å². The molecule has 1 aliphatic heterocycles. The van der Waals surface area contributed by atoms with Gasteiger partial charge in [0, 0.05) is 36.0 Å². The van der Waals surface area contributed by atoms with Crippen molar-refractivity contribution in [3.8, 4) is 0 Å². The summed E-state index contributed by atoms with van der Waals surface area (Å²) in [5.74, 6) is 1.17. The number of thioether (sulfide) groups is 1. The molecule has 0 amide bonds. The normalized spacial score (nSPS) is 17.0. The quantitative estimate of drug-likeness (QED) is 0.251. The third-order valence-corrected chi connectivity index (χ3v) is 8.85. The van der Waals surface area contributed by atoms with Gasteiger partial charge < -0.3 is 4.57 Å². The van der Waals surface area contributed by atoms with E-state index in [0.29, 0.717) is 29.7 Å². The zero-order valence-electron chi connectivity index (χ0n) is 17.1. The van der Waals surface area contributed by atoms with Crippen molar-refractivity contribution in [1.82, 2.24) is 19.1 Å². The monoisotopic (exact) mass is 537 g/mol. The van der Waals surface area contributed by atoms with E-state index < -0.39 is 14.9 Å². The highest BCUT2D eigenvalue weighted by molar-refractivity contribution is 9.10. The number of sulfonamides is 1. The van der Waals surface area contributed by atoms with Gasteiger partial charge in [-0.05, 0) is 42.7 Å². The van der Waals surface area contributed by atoms with Crippen molar-refractivity contribution in [2.75, 3.05) is 6.54 Å². The third kappa shape index (κ3) is 4.58. The topological polar surface area (TPSA) is 111 Å². The van der Waals surface area contributed by atoms with Crippen LogP contribution in [0.4, 0.5) is 5.69 Å². The number of rotatable bonds is 7. The molecule has 1 aromatic heterocycles. The van der Waals surface area contributed by atoms with Crippen LogP contribution in [0.15, 0.2) is 63.1 Å². The lowest BCUT2D eigenvalue weighted by molar-refractivity contribution is -0.384. The molecule has 0 N–H and O–H groups in total. The van der Waals surface area contributed by atoms with Crippen LogP contribution in [0.1, 0.15) is 30.3 Å². The first-order valence-corrected chi connectivity index (χ1v) is 13.0. The summed E-state index contributed by atoms with van der Waals surface area (Å²) < 4.78 is 30.6. The third-order valence-electron chi connectivity index (χ3n) is 5.31.